The first kappa shape index (κ1) is 20.9. The number of halogens is 1. The number of carbonyl (C=O) groups is 1. The van der Waals surface area contributed by atoms with E-state index in [1.807, 2.05) is 25.1 Å². The number of benzene rings is 1. The highest BCUT2D eigenvalue weighted by Crippen LogP contribution is 2.32. The van der Waals surface area contributed by atoms with Crippen molar-refractivity contribution in [3.63, 3.8) is 0 Å². The molecule has 28 heavy (non-hydrogen) atoms. The lowest BCUT2D eigenvalue weighted by atomic mass is 10.1. The van der Waals surface area contributed by atoms with Crippen molar-refractivity contribution in [2.45, 2.75) is 45.8 Å². The Hall–Kier alpha value is -1.83. The number of hydrogen-bond acceptors (Lipinski definition) is 5. The van der Waals surface area contributed by atoms with E-state index >= 15 is 0 Å². The number of aryl methyl sites for hydroxylation is 1. The molecule has 0 atom stereocenters. The maximum Gasteiger partial charge on any atom is 0.234 e. The molecule has 0 aliphatic rings. The summed E-state index contributed by atoms with van der Waals surface area (Å²) >= 11 is 9.25. The summed E-state index contributed by atoms with van der Waals surface area (Å²) < 4.78 is 2.07. The van der Waals surface area contributed by atoms with Gasteiger partial charge in [0.2, 0.25) is 5.91 Å². The summed E-state index contributed by atoms with van der Waals surface area (Å²) in [5, 5.41) is 15.2. The highest BCUT2D eigenvalue weighted by molar-refractivity contribution is 7.99. The van der Waals surface area contributed by atoms with Gasteiger partial charge in [0.05, 0.1) is 5.75 Å². The van der Waals surface area contributed by atoms with Gasteiger partial charge in [0, 0.05) is 33.1 Å². The average molecular weight is 435 g/mol. The second-order valence-electron chi connectivity index (χ2n) is 6.34. The van der Waals surface area contributed by atoms with Gasteiger partial charge in [-0.1, -0.05) is 36.4 Å². The van der Waals surface area contributed by atoms with Crippen LogP contribution in [-0.4, -0.2) is 26.4 Å². The van der Waals surface area contributed by atoms with Crippen LogP contribution in [0.15, 0.2) is 28.7 Å². The fourth-order valence-electron chi connectivity index (χ4n) is 3.05. The van der Waals surface area contributed by atoms with Gasteiger partial charge in [-0.05, 0) is 50.5 Å². The van der Waals surface area contributed by atoms with Crippen LogP contribution in [0.25, 0.3) is 11.4 Å². The number of anilines is 1. The molecule has 0 aliphatic heterocycles. The number of nitrogens with one attached hydrogen (secondary N) is 1. The third-order valence-electron chi connectivity index (χ3n) is 4.61. The van der Waals surface area contributed by atoms with Crippen LogP contribution in [0.4, 0.5) is 5.69 Å². The van der Waals surface area contributed by atoms with Gasteiger partial charge in [-0.15, -0.1) is 21.5 Å². The predicted octanol–water partition coefficient (Wildman–Crippen LogP) is 5.59. The van der Waals surface area contributed by atoms with Crippen LogP contribution in [0, 0.1) is 13.8 Å². The van der Waals surface area contributed by atoms with Crippen molar-refractivity contribution in [1.29, 1.82) is 0 Å². The summed E-state index contributed by atoms with van der Waals surface area (Å²) in [6, 6.07) is 5.48. The van der Waals surface area contributed by atoms with E-state index < -0.39 is 0 Å². The zero-order valence-corrected chi connectivity index (χ0v) is 18.8. The number of thiophene rings is 1. The molecule has 0 spiro atoms. The van der Waals surface area contributed by atoms with E-state index in [0.29, 0.717) is 5.02 Å². The molecule has 0 aliphatic carbocycles. The fourth-order valence-corrected chi connectivity index (χ4v) is 4.96. The third-order valence-corrected chi connectivity index (χ3v) is 6.94. The zero-order chi connectivity index (χ0) is 20.3. The molecular formula is C20H23ClN4OS2. The molecule has 3 aromatic rings. The lowest BCUT2D eigenvalue weighted by Gasteiger charge is -2.10. The van der Waals surface area contributed by atoms with E-state index in [0.717, 1.165) is 40.8 Å². The molecule has 0 radical (unpaired) electrons. The quantitative estimate of drug-likeness (QED) is 0.492. The molecule has 0 fully saturated rings. The molecular weight excluding hydrogens is 412 g/mol. The number of hydrogen-bond donors (Lipinski definition) is 1. The Morgan fingerprint density at radius 3 is 2.79 bits per heavy atom. The number of nitrogens with zero attached hydrogens (tertiary/aromatic N) is 3. The third kappa shape index (κ3) is 4.26. The standard InChI is InChI=1S/C20H23ClN4OS2/c1-5-14-13(4)27-10-15(14)19-23-24-20(25(19)6-2)28-11-18(26)22-17-9-7-8-16(21)12(17)3/h7-10H,5-6,11H2,1-4H3,(H,22,26). The van der Waals surface area contributed by atoms with Crippen LogP contribution in [0.1, 0.15) is 29.9 Å². The van der Waals surface area contributed by atoms with E-state index in [2.05, 4.69) is 46.2 Å². The summed E-state index contributed by atoms with van der Waals surface area (Å²) in [5.74, 6) is 1.04. The topological polar surface area (TPSA) is 59.8 Å². The minimum absolute atomic E-state index is 0.0943. The molecule has 148 valence electrons. The lowest BCUT2D eigenvalue weighted by molar-refractivity contribution is -0.113. The molecule has 1 N–H and O–H groups in total. The van der Waals surface area contributed by atoms with Crippen LogP contribution in [0.2, 0.25) is 5.02 Å². The van der Waals surface area contributed by atoms with Gasteiger partial charge in [0.25, 0.3) is 0 Å². The van der Waals surface area contributed by atoms with E-state index in [1.165, 1.54) is 22.2 Å². The van der Waals surface area contributed by atoms with Crippen LogP contribution in [-0.2, 0) is 17.8 Å². The SMILES string of the molecule is CCc1c(-c2nnc(SCC(=O)Nc3cccc(Cl)c3C)n2CC)csc1C. The van der Waals surface area contributed by atoms with Crippen LogP contribution < -0.4 is 5.32 Å². The fraction of sp³-hybridized carbons (Fsp3) is 0.350. The monoisotopic (exact) mass is 434 g/mol. The molecule has 1 amide bonds. The summed E-state index contributed by atoms with van der Waals surface area (Å²) in [5.41, 5.74) is 4.06. The number of aromatic nitrogens is 3. The molecule has 1 aromatic carbocycles. The predicted molar refractivity (Wildman–Crippen MR) is 119 cm³/mol. The number of amides is 1. The van der Waals surface area contributed by atoms with Crippen molar-refractivity contribution < 1.29 is 4.79 Å². The second kappa shape index (κ2) is 9.11. The molecule has 0 unspecified atom stereocenters. The number of thioether (sulfide) groups is 1. The Morgan fingerprint density at radius 1 is 1.29 bits per heavy atom. The first-order chi connectivity index (χ1) is 13.5. The summed E-state index contributed by atoms with van der Waals surface area (Å²) in [4.78, 5) is 13.7. The van der Waals surface area contributed by atoms with E-state index in [1.54, 1.807) is 11.3 Å². The Morgan fingerprint density at radius 2 is 2.07 bits per heavy atom. The summed E-state index contributed by atoms with van der Waals surface area (Å²) in [7, 11) is 0. The van der Waals surface area contributed by atoms with Gasteiger partial charge in [-0.3, -0.25) is 4.79 Å². The minimum atomic E-state index is -0.0943. The van der Waals surface area contributed by atoms with Crippen molar-refractivity contribution in [1.82, 2.24) is 14.8 Å². The maximum atomic E-state index is 12.4. The van der Waals surface area contributed by atoms with Gasteiger partial charge in [-0.25, -0.2) is 0 Å². The molecule has 8 heteroatoms. The number of carbonyl (C=O) groups excluding carboxylic acids is 1. The van der Waals surface area contributed by atoms with E-state index in [9.17, 15) is 4.79 Å². The summed E-state index contributed by atoms with van der Waals surface area (Å²) in [6.07, 6.45) is 0.963. The van der Waals surface area contributed by atoms with Crippen molar-refractivity contribution in [2.75, 3.05) is 11.1 Å². The average Bonchev–Trinajstić information content (AvgIpc) is 3.25. The molecule has 3 rings (SSSR count). The highest BCUT2D eigenvalue weighted by atomic mass is 35.5. The highest BCUT2D eigenvalue weighted by Gasteiger charge is 2.19. The first-order valence-corrected chi connectivity index (χ1v) is 11.4. The van der Waals surface area contributed by atoms with Crippen LogP contribution in [0.5, 0.6) is 0 Å². The molecule has 2 aromatic heterocycles. The summed E-state index contributed by atoms with van der Waals surface area (Å²) in [6.45, 7) is 8.99. The minimum Gasteiger partial charge on any atom is -0.325 e. The normalized spacial score (nSPS) is 11.0. The Bertz CT molecular complexity index is 996. The lowest BCUT2D eigenvalue weighted by Crippen LogP contribution is -2.15. The van der Waals surface area contributed by atoms with Crippen molar-refractivity contribution >= 4 is 46.3 Å². The second-order valence-corrected chi connectivity index (χ2v) is 8.77. The Kier molecular flexibility index (Phi) is 6.80. The van der Waals surface area contributed by atoms with Crippen molar-refractivity contribution in [3.05, 3.63) is 44.6 Å². The van der Waals surface area contributed by atoms with E-state index in [4.69, 9.17) is 11.6 Å². The van der Waals surface area contributed by atoms with Gasteiger partial charge in [0.1, 0.15) is 0 Å². The van der Waals surface area contributed by atoms with Crippen molar-refractivity contribution in [3.8, 4) is 11.4 Å². The Balaban J connectivity index is 1.74. The van der Waals surface area contributed by atoms with Gasteiger partial charge >= 0.3 is 0 Å². The molecule has 2 heterocycles. The van der Waals surface area contributed by atoms with Crippen LogP contribution >= 0.6 is 34.7 Å². The molecule has 0 saturated carbocycles. The van der Waals surface area contributed by atoms with Gasteiger partial charge in [-0.2, -0.15) is 0 Å². The Labute approximate surface area is 178 Å². The smallest absolute Gasteiger partial charge is 0.234 e. The van der Waals surface area contributed by atoms with Crippen molar-refractivity contribution in [2.24, 2.45) is 0 Å². The first-order valence-electron chi connectivity index (χ1n) is 9.14. The van der Waals surface area contributed by atoms with E-state index in [-0.39, 0.29) is 11.7 Å². The molecule has 0 saturated heterocycles. The van der Waals surface area contributed by atoms with Crippen LogP contribution in [0.3, 0.4) is 0 Å². The molecule has 0 bridgehead atoms. The van der Waals surface area contributed by atoms with Gasteiger partial charge in [0.15, 0.2) is 11.0 Å². The maximum absolute atomic E-state index is 12.4. The number of rotatable bonds is 7. The van der Waals surface area contributed by atoms with Gasteiger partial charge < -0.3 is 9.88 Å². The zero-order valence-electron chi connectivity index (χ0n) is 16.4. The molecule has 5 nitrogen and oxygen atoms in total. The largest absolute Gasteiger partial charge is 0.325 e.